The van der Waals surface area contributed by atoms with E-state index < -0.39 is 15.4 Å². The second-order valence-corrected chi connectivity index (χ2v) is 8.14. The van der Waals surface area contributed by atoms with E-state index in [1.54, 1.807) is 24.3 Å². The molecular formula is C13H18BrN3O3S. The summed E-state index contributed by atoms with van der Waals surface area (Å²) in [5, 5.41) is 11.9. The van der Waals surface area contributed by atoms with Crippen LogP contribution in [0, 0.1) is 5.41 Å². The first-order valence-corrected chi connectivity index (χ1v) is 8.77. The zero-order chi connectivity index (χ0) is 15.7. The molecule has 0 atom stereocenters. The molecule has 0 spiro atoms. The molecule has 0 unspecified atom stereocenters. The zero-order valence-electron chi connectivity index (χ0n) is 11.7. The van der Waals surface area contributed by atoms with Crippen molar-refractivity contribution in [3.63, 3.8) is 0 Å². The van der Waals surface area contributed by atoms with E-state index in [4.69, 9.17) is 10.9 Å². The first-order valence-electron chi connectivity index (χ1n) is 6.54. The Balaban J connectivity index is 2.21. The van der Waals surface area contributed by atoms with Gasteiger partial charge in [0.05, 0.1) is 4.90 Å². The van der Waals surface area contributed by atoms with Crippen molar-refractivity contribution in [2.24, 2.45) is 16.3 Å². The number of hydrogen-bond acceptors (Lipinski definition) is 4. The van der Waals surface area contributed by atoms with Crippen LogP contribution < -0.4 is 5.73 Å². The Hall–Kier alpha value is -1.12. The van der Waals surface area contributed by atoms with Crippen molar-refractivity contribution in [3.05, 3.63) is 28.7 Å². The highest BCUT2D eigenvalue weighted by molar-refractivity contribution is 9.10. The van der Waals surface area contributed by atoms with Crippen molar-refractivity contribution in [2.45, 2.75) is 24.7 Å². The summed E-state index contributed by atoms with van der Waals surface area (Å²) in [6.45, 7) is 2.57. The average Bonchev–Trinajstić information content (AvgIpc) is 2.47. The Kier molecular flexibility index (Phi) is 4.60. The largest absolute Gasteiger partial charge is 0.409 e. The number of nitrogens with two attached hydrogens (primary N) is 1. The van der Waals surface area contributed by atoms with Gasteiger partial charge in [-0.25, -0.2) is 8.42 Å². The van der Waals surface area contributed by atoms with Crippen LogP contribution in [0.2, 0.25) is 0 Å². The van der Waals surface area contributed by atoms with Gasteiger partial charge in [0.15, 0.2) is 0 Å². The molecule has 1 aromatic rings. The third-order valence-corrected chi connectivity index (χ3v) is 6.92. The summed E-state index contributed by atoms with van der Waals surface area (Å²) in [5.74, 6) is 0.153. The van der Waals surface area contributed by atoms with Gasteiger partial charge in [-0.2, -0.15) is 4.31 Å². The normalized spacial score (nSPS) is 20.4. The molecule has 116 valence electrons. The van der Waals surface area contributed by atoms with Crippen molar-refractivity contribution in [1.82, 2.24) is 4.31 Å². The number of halogens is 1. The standard InChI is InChI=1S/C13H18BrN3O3S/c1-13(12(15)16-18)6-8-17(9-7-13)21(19,20)11-5-3-2-4-10(11)14/h2-5,18H,6-9H2,1H3,(H2,15,16). The van der Waals surface area contributed by atoms with Crippen LogP contribution in [0.5, 0.6) is 0 Å². The van der Waals surface area contributed by atoms with Crippen LogP contribution in [0.25, 0.3) is 0 Å². The van der Waals surface area contributed by atoms with Crippen LogP contribution in [0.4, 0.5) is 0 Å². The molecule has 1 aliphatic rings. The summed E-state index contributed by atoms with van der Waals surface area (Å²) >= 11 is 3.28. The molecule has 0 saturated carbocycles. The lowest BCUT2D eigenvalue weighted by Gasteiger charge is -2.37. The minimum Gasteiger partial charge on any atom is -0.409 e. The highest BCUT2D eigenvalue weighted by atomic mass is 79.9. The van der Waals surface area contributed by atoms with Crippen LogP contribution >= 0.6 is 15.9 Å². The van der Waals surface area contributed by atoms with Gasteiger partial charge in [0.2, 0.25) is 10.0 Å². The average molecular weight is 376 g/mol. The highest BCUT2D eigenvalue weighted by Crippen LogP contribution is 2.34. The van der Waals surface area contributed by atoms with Gasteiger partial charge in [-0.3, -0.25) is 0 Å². The van der Waals surface area contributed by atoms with Crippen molar-refractivity contribution < 1.29 is 13.6 Å². The maximum atomic E-state index is 12.6. The van der Waals surface area contributed by atoms with Crippen molar-refractivity contribution in [1.29, 1.82) is 0 Å². The predicted molar refractivity (Wildman–Crippen MR) is 83.7 cm³/mol. The third kappa shape index (κ3) is 3.07. The number of sulfonamides is 1. The number of oxime groups is 1. The Morgan fingerprint density at radius 3 is 2.48 bits per heavy atom. The van der Waals surface area contributed by atoms with E-state index in [2.05, 4.69) is 21.1 Å². The maximum Gasteiger partial charge on any atom is 0.244 e. The van der Waals surface area contributed by atoms with Crippen molar-refractivity contribution >= 4 is 31.8 Å². The number of benzene rings is 1. The minimum absolute atomic E-state index is 0.153. The molecule has 0 bridgehead atoms. The SMILES string of the molecule is CC1(/C(N)=N/O)CCN(S(=O)(=O)c2ccccc2Br)CC1. The quantitative estimate of drug-likeness (QED) is 0.365. The van der Waals surface area contributed by atoms with E-state index in [1.165, 1.54) is 4.31 Å². The molecule has 1 heterocycles. The van der Waals surface area contributed by atoms with Gasteiger partial charge in [0, 0.05) is 23.0 Å². The summed E-state index contributed by atoms with van der Waals surface area (Å²) in [5.41, 5.74) is 5.23. The van der Waals surface area contributed by atoms with E-state index in [9.17, 15) is 8.42 Å². The molecule has 0 radical (unpaired) electrons. The number of amidine groups is 1. The van der Waals surface area contributed by atoms with Gasteiger partial charge in [-0.15, -0.1) is 0 Å². The third-order valence-electron chi connectivity index (χ3n) is 4.01. The van der Waals surface area contributed by atoms with Crippen LogP contribution in [-0.4, -0.2) is 36.9 Å². The topological polar surface area (TPSA) is 96.0 Å². The van der Waals surface area contributed by atoms with E-state index in [0.717, 1.165) is 0 Å². The fraction of sp³-hybridized carbons (Fsp3) is 0.462. The van der Waals surface area contributed by atoms with Crippen LogP contribution in [0.15, 0.2) is 38.8 Å². The fourth-order valence-corrected chi connectivity index (χ4v) is 4.79. The molecule has 0 aliphatic carbocycles. The highest BCUT2D eigenvalue weighted by Gasteiger charge is 2.38. The van der Waals surface area contributed by atoms with E-state index >= 15 is 0 Å². The van der Waals surface area contributed by atoms with E-state index in [-0.39, 0.29) is 10.7 Å². The molecule has 3 N–H and O–H groups in total. The zero-order valence-corrected chi connectivity index (χ0v) is 14.1. The second-order valence-electron chi connectivity index (χ2n) is 5.38. The van der Waals surface area contributed by atoms with E-state index in [0.29, 0.717) is 30.4 Å². The van der Waals surface area contributed by atoms with Gasteiger partial charge in [-0.05, 0) is 40.9 Å². The van der Waals surface area contributed by atoms with Gasteiger partial charge < -0.3 is 10.9 Å². The first kappa shape index (κ1) is 16.3. The lowest BCUT2D eigenvalue weighted by Crippen LogP contribution is -2.47. The monoisotopic (exact) mass is 375 g/mol. The fourth-order valence-electron chi connectivity index (χ4n) is 2.39. The van der Waals surface area contributed by atoms with Gasteiger partial charge in [0.1, 0.15) is 5.84 Å². The van der Waals surface area contributed by atoms with Crippen LogP contribution in [-0.2, 0) is 10.0 Å². The van der Waals surface area contributed by atoms with Crippen molar-refractivity contribution in [3.8, 4) is 0 Å². The molecule has 1 aromatic carbocycles. The number of rotatable bonds is 3. The van der Waals surface area contributed by atoms with Gasteiger partial charge >= 0.3 is 0 Å². The molecule has 21 heavy (non-hydrogen) atoms. The molecule has 1 saturated heterocycles. The van der Waals surface area contributed by atoms with Gasteiger partial charge in [-0.1, -0.05) is 24.2 Å². The molecule has 8 heteroatoms. The summed E-state index contributed by atoms with van der Waals surface area (Å²) in [6.07, 6.45) is 1.04. The van der Waals surface area contributed by atoms with Crippen LogP contribution in [0.3, 0.4) is 0 Å². The molecule has 2 rings (SSSR count). The molecular weight excluding hydrogens is 358 g/mol. The molecule has 0 aromatic heterocycles. The molecule has 1 aliphatic heterocycles. The first-order chi connectivity index (χ1) is 9.81. The Bertz CT molecular complexity index is 652. The summed E-state index contributed by atoms with van der Waals surface area (Å²) < 4.78 is 27.3. The lowest BCUT2D eigenvalue weighted by molar-refractivity contribution is 0.229. The number of piperidine rings is 1. The maximum absolute atomic E-state index is 12.6. The van der Waals surface area contributed by atoms with Crippen LogP contribution in [0.1, 0.15) is 19.8 Å². The Labute approximate surface area is 132 Å². The Morgan fingerprint density at radius 2 is 1.95 bits per heavy atom. The summed E-state index contributed by atoms with van der Waals surface area (Å²) in [7, 11) is -3.53. The van der Waals surface area contributed by atoms with E-state index in [1.807, 2.05) is 6.92 Å². The Morgan fingerprint density at radius 1 is 1.38 bits per heavy atom. The minimum atomic E-state index is -3.53. The number of nitrogens with zero attached hydrogens (tertiary/aromatic N) is 2. The second kappa shape index (κ2) is 5.94. The molecule has 0 amide bonds. The summed E-state index contributed by atoms with van der Waals surface area (Å²) in [6, 6.07) is 6.75. The van der Waals surface area contributed by atoms with Crippen molar-refractivity contribution in [2.75, 3.05) is 13.1 Å². The molecule has 6 nitrogen and oxygen atoms in total. The summed E-state index contributed by atoms with van der Waals surface area (Å²) in [4.78, 5) is 0.261. The van der Waals surface area contributed by atoms with Gasteiger partial charge in [0.25, 0.3) is 0 Å². The lowest BCUT2D eigenvalue weighted by atomic mass is 9.80. The number of hydrogen-bond donors (Lipinski definition) is 2. The predicted octanol–water partition coefficient (Wildman–Crippen LogP) is 1.99. The smallest absolute Gasteiger partial charge is 0.244 e. The molecule has 1 fully saturated rings.